The molecule has 0 spiro atoms. The minimum absolute atomic E-state index is 0.111. The minimum Gasteiger partial charge on any atom is -0.481 e. The molecule has 0 radical (unpaired) electrons. The zero-order chi connectivity index (χ0) is 16.4. The second-order valence-electron chi connectivity index (χ2n) is 4.33. The Morgan fingerprint density at radius 1 is 1.00 bits per heavy atom. The topological polar surface area (TPSA) is 188 Å². The van der Waals surface area contributed by atoms with Crippen LogP contribution < -0.4 is 16.8 Å². The van der Waals surface area contributed by atoms with E-state index in [0.717, 1.165) is 0 Å². The van der Waals surface area contributed by atoms with Gasteiger partial charge in [0.2, 0.25) is 0 Å². The Balaban J connectivity index is 4.49. The van der Waals surface area contributed by atoms with E-state index >= 15 is 0 Å². The van der Waals surface area contributed by atoms with E-state index in [0.29, 0.717) is 6.42 Å². The van der Waals surface area contributed by atoms with Gasteiger partial charge in [0.1, 0.15) is 12.1 Å². The third-order valence-electron chi connectivity index (χ3n) is 2.59. The van der Waals surface area contributed by atoms with E-state index < -0.39 is 30.0 Å². The predicted molar refractivity (Wildman–Crippen MR) is 72.8 cm³/mol. The Kier molecular flexibility index (Phi) is 8.46. The van der Waals surface area contributed by atoms with Crippen LogP contribution in [-0.2, 0) is 14.4 Å². The lowest BCUT2D eigenvalue weighted by atomic mass is 10.1. The lowest BCUT2D eigenvalue weighted by Crippen LogP contribution is -2.47. The number of aliphatic imine (C=N–C) groups is 1. The molecule has 10 heteroatoms. The van der Waals surface area contributed by atoms with Crippen LogP contribution in [0.15, 0.2) is 4.99 Å². The van der Waals surface area contributed by atoms with Crippen molar-refractivity contribution in [3.63, 3.8) is 0 Å². The highest BCUT2D eigenvalue weighted by molar-refractivity contribution is 5.78. The van der Waals surface area contributed by atoms with E-state index in [1.807, 2.05) is 0 Å². The number of carboxylic acids is 3. The molecule has 0 aromatic carbocycles. The fourth-order valence-corrected chi connectivity index (χ4v) is 1.57. The van der Waals surface area contributed by atoms with Crippen LogP contribution in [0, 0.1) is 0 Å². The zero-order valence-electron chi connectivity index (χ0n) is 11.4. The fourth-order valence-electron chi connectivity index (χ4n) is 1.57. The van der Waals surface area contributed by atoms with Gasteiger partial charge in [-0.05, 0) is 19.3 Å². The average molecular weight is 304 g/mol. The van der Waals surface area contributed by atoms with Crippen LogP contribution in [0.2, 0.25) is 0 Å². The number of nitrogens with zero attached hydrogens (tertiary/aromatic N) is 1. The average Bonchev–Trinajstić information content (AvgIpc) is 2.35. The summed E-state index contributed by atoms with van der Waals surface area (Å²) in [4.78, 5) is 36.2. The van der Waals surface area contributed by atoms with Gasteiger partial charge in [-0.25, -0.2) is 0 Å². The molecule has 0 aliphatic carbocycles. The second kappa shape index (κ2) is 9.53. The molecule has 0 bridgehead atoms. The lowest BCUT2D eigenvalue weighted by molar-refractivity contribution is -0.143. The van der Waals surface area contributed by atoms with Crippen molar-refractivity contribution >= 4 is 23.9 Å². The third-order valence-corrected chi connectivity index (χ3v) is 2.59. The smallest absolute Gasteiger partial charge is 0.320 e. The largest absolute Gasteiger partial charge is 0.481 e. The van der Waals surface area contributed by atoms with Crippen LogP contribution in [0.25, 0.3) is 0 Å². The molecule has 0 saturated heterocycles. The SMILES string of the molecule is NC(N)=NCCCC(N[C@H](CCC(=O)O)C(=O)O)C(=O)O. The first-order chi connectivity index (χ1) is 9.73. The minimum atomic E-state index is -1.30. The number of nitrogens with two attached hydrogens (primary N) is 2. The first-order valence-electron chi connectivity index (χ1n) is 6.23. The first-order valence-corrected chi connectivity index (χ1v) is 6.23. The third kappa shape index (κ3) is 9.21. The number of rotatable bonds is 11. The van der Waals surface area contributed by atoms with Crippen LogP contribution >= 0.6 is 0 Å². The molecule has 0 saturated carbocycles. The van der Waals surface area contributed by atoms with E-state index in [1.54, 1.807) is 0 Å². The lowest BCUT2D eigenvalue weighted by Gasteiger charge is -2.19. The predicted octanol–water partition coefficient (Wildman–Crippen LogP) is -1.60. The Labute approximate surface area is 120 Å². The summed E-state index contributed by atoms with van der Waals surface area (Å²) in [7, 11) is 0. The van der Waals surface area contributed by atoms with Gasteiger partial charge in [-0.15, -0.1) is 0 Å². The van der Waals surface area contributed by atoms with E-state index in [2.05, 4.69) is 10.3 Å². The summed E-state index contributed by atoms with van der Waals surface area (Å²) in [5.74, 6) is -3.78. The van der Waals surface area contributed by atoms with Gasteiger partial charge in [-0.3, -0.25) is 24.7 Å². The van der Waals surface area contributed by atoms with E-state index in [1.165, 1.54) is 0 Å². The van der Waals surface area contributed by atoms with Gasteiger partial charge in [0.15, 0.2) is 5.96 Å². The summed E-state index contributed by atoms with van der Waals surface area (Å²) < 4.78 is 0. The molecule has 0 aromatic heterocycles. The molecule has 120 valence electrons. The van der Waals surface area contributed by atoms with Crippen molar-refractivity contribution in [2.45, 2.75) is 37.8 Å². The fraction of sp³-hybridized carbons (Fsp3) is 0.636. The second-order valence-corrected chi connectivity index (χ2v) is 4.33. The first kappa shape index (κ1) is 18.6. The van der Waals surface area contributed by atoms with Crippen LogP contribution in [0.3, 0.4) is 0 Å². The molecule has 0 fully saturated rings. The molecule has 0 heterocycles. The number of hydrogen-bond acceptors (Lipinski definition) is 5. The summed E-state index contributed by atoms with van der Waals surface area (Å²) in [5, 5.41) is 29.0. The van der Waals surface area contributed by atoms with Crippen molar-refractivity contribution in [1.82, 2.24) is 5.32 Å². The molecular formula is C11H20N4O6. The van der Waals surface area contributed by atoms with Gasteiger partial charge in [0.05, 0.1) is 0 Å². The number of guanidine groups is 1. The van der Waals surface area contributed by atoms with Crippen molar-refractivity contribution in [1.29, 1.82) is 0 Å². The van der Waals surface area contributed by atoms with Gasteiger partial charge in [-0.2, -0.15) is 0 Å². The highest BCUT2D eigenvalue weighted by atomic mass is 16.4. The van der Waals surface area contributed by atoms with Gasteiger partial charge < -0.3 is 26.8 Å². The van der Waals surface area contributed by atoms with E-state index in [9.17, 15) is 14.4 Å². The molecule has 10 nitrogen and oxygen atoms in total. The molecule has 0 amide bonds. The molecule has 0 aromatic rings. The van der Waals surface area contributed by atoms with Gasteiger partial charge in [0, 0.05) is 13.0 Å². The molecule has 21 heavy (non-hydrogen) atoms. The molecule has 0 aliphatic rings. The van der Waals surface area contributed by atoms with Crippen molar-refractivity contribution in [3.05, 3.63) is 0 Å². The Bertz CT molecular complexity index is 408. The maximum Gasteiger partial charge on any atom is 0.320 e. The highest BCUT2D eigenvalue weighted by Crippen LogP contribution is 2.05. The Morgan fingerprint density at radius 2 is 1.52 bits per heavy atom. The number of aliphatic carboxylic acids is 3. The highest BCUT2D eigenvalue weighted by Gasteiger charge is 2.25. The number of carbonyl (C=O) groups is 3. The summed E-state index contributed by atoms with van der Waals surface area (Å²) in [6, 6.07) is -2.36. The molecule has 8 N–H and O–H groups in total. The van der Waals surface area contributed by atoms with Gasteiger partial charge in [-0.1, -0.05) is 0 Å². The quantitative estimate of drug-likeness (QED) is 0.148. The monoisotopic (exact) mass is 304 g/mol. The van der Waals surface area contributed by atoms with Gasteiger partial charge >= 0.3 is 17.9 Å². The van der Waals surface area contributed by atoms with Crippen molar-refractivity contribution in [2.75, 3.05) is 6.54 Å². The summed E-state index contributed by atoms with van der Waals surface area (Å²) in [5.41, 5.74) is 10.2. The molecule has 1 unspecified atom stereocenters. The van der Waals surface area contributed by atoms with Crippen LogP contribution in [0.1, 0.15) is 25.7 Å². The molecule has 0 aliphatic heterocycles. The summed E-state index contributed by atoms with van der Waals surface area (Å²) in [6.45, 7) is 0.223. The number of nitrogens with one attached hydrogen (secondary N) is 1. The molecular weight excluding hydrogens is 284 g/mol. The molecule has 0 rings (SSSR count). The van der Waals surface area contributed by atoms with Gasteiger partial charge in [0.25, 0.3) is 0 Å². The standard InChI is InChI=1S/C11H20N4O6/c12-11(13)14-5-1-2-6(9(18)19)15-7(10(20)21)3-4-8(16)17/h6-7,15H,1-5H2,(H,16,17)(H,18,19)(H,20,21)(H4,12,13,14)/t6?,7-/m1/s1. The summed E-state index contributed by atoms with van der Waals surface area (Å²) >= 11 is 0. The summed E-state index contributed by atoms with van der Waals surface area (Å²) in [6.07, 6.45) is -0.122. The van der Waals surface area contributed by atoms with E-state index in [-0.39, 0.29) is 31.8 Å². The van der Waals surface area contributed by atoms with Crippen LogP contribution in [-0.4, -0.2) is 57.8 Å². The normalized spacial score (nSPS) is 13.1. The maximum atomic E-state index is 11.1. The Morgan fingerprint density at radius 3 is 1.95 bits per heavy atom. The Hall–Kier alpha value is -2.36. The molecule has 2 atom stereocenters. The van der Waals surface area contributed by atoms with E-state index in [4.69, 9.17) is 26.8 Å². The maximum absolute atomic E-state index is 11.1. The van der Waals surface area contributed by atoms with Crippen molar-refractivity contribution in [2.24, 2.45) is 16.5 Å². The number of hydrogen-bond donors (Lipinski definition) is 6. The van der Waals surface area contributed by atoms with Crippen molar-refractivity contribution in [3.8, 4) is 0 Å². The van der Waals surface area contributed by atoms with Crippen molar-refractivity contribution < 1.29 is 29.7 Å². The zero-order valence-corrected chi connectivity index (χ0v) is 11.4. The number of carboxylic acid groups (broad SMARTS) is 3. The van der Waals surface area contributed by atoms with Crippen LogP contribution in [0.5, 0.6) is 0 Å². The van der Waals surface area contributed by atoms with Crippen LogP contribution in [0.4, 0.5) is 0 Å².